The number of piperidine rings is 1. The summed E-state index contributed by atoms with van der Waals surface area (Å²) in [5, 5.41) is 6.89. The highest BCUT2D eigenvalue weighted by Gasteiger charge is 2.45. The molecule has 1 spiro atoms. The minimum atomic E-state index is -0.250. The highest BCUT2D eigenvalue weighted by molar-refractivity contribution is 5.32. The van der Waals surface area contributed by atoms with E-state index in [9.17, 15) is 0 Å². The predicted octanol–water partition coefficient (Wildman–Crippen LogP) is 2.56. The van der Waals surface area contributed by atoms with E-state index in [1.165, 1.54) is 50.8 Å². The number of nitrogens with zero attached hydrogens (tertiary/aromatic N) is 2. The molecule has 1 aromatic rings. The molecule has 2 heterocycles. The molecule has 1 aliphatic carbocycles. The van der Waals surface area contributed by atoms with Gasteiger partial charge in [-0.05, 0) is 43.9 Å². The van der Waals surface area contributed by atoms with E-state index in [-0.39, 0.29) is 6.47 Å². The number of carboxylic acid groups (broad SMARTS) is 1. The molecule has 2 fully saturated rings. The summed E-state index contributed by atoms with van der Waals surface area (Å²) in [6.45, 7) is 3.19. The number of rotatable bonds is 3. The van der Waals surface area contributed by atoms with Crippen LogP contribution in [0.1, 0.15) is 37.7 Å². The first kappa shape index (κ1) is 16.9. The van der Waals surface area contributed by atoms with Crippen LogP contribution in [-0.2, 0) is 16.1 Å². The fraction of sp³-hybridized carbons (Fsp3) is 0.647. The lowest BCUT2D eigenvalue weighted by Crippen LogP contribution is -2.47. The Kier molecular flexibility index (Phi) is 6.34. The molecule has 1 saturated carbocycles. The molecule has 0 bridgehead atoms. The van der Waals surface area contributed by atoms with Crippen LogP contribution < -0.4 is 0 Å². The smallest absolute Gasteiger partial charge is 0.290 e. The average Bonchev–Trinajstić information content (AvgIpc) is 2.91. The second kappa shape index (κ2) is 8.25. The van der Waals surface area contributed by atoms with Crippen molar-refractivity contribution in [2.75, 3.05) is 20.2 Å². The summed E-state index contributed by atoms with van der Waals surface area (Å²) < 4.78 is 5.76. The van der Waals surface area contributed by atoms with Gasteiger partial charge >= 0.3 is 0 Å². The number of carbonyl (C=O) groups is 1. The van der Waals surface area contributed by atoms with Crippen LogP contribution in [0.3, 0.4) is 0 Å². The SMILES string of the molecule is CO[C@@H]1CCC[C@]12CCCN(Cc1cccnc1)C2.O=CO. The van der Waals surface area contributed by atoms with Gasteiger partial charge in [0.05, 0.1) is 6.10 Å². The Morgan fingerprint density at radius 2 is 2.27 bits per heavy atom. The summed E-state index contributed by atoms with van der Waals surface area (Å²) in [6, 6.07) is 4.21. The zero-order chi connectivity index (χ0) is 15.8. The van der Waals surface area contributed by atoms with Gasteiger partial charge in [0.15, 0.2) is 0 Å². The van der Waals surface area contributed by atoms with Gasteiger partial charge in [-0.15, -0.1) is 0 Å². The monoisotopic (exact) mass is 306 g/mol. The normalized spacial score (nSPS) is 28.1. The average molecular weight is 306 g/mol. The molecule has 122 valence electrons. The summed E-state index contributed by atoms with van der Waals surface area (Å²) in [5.74, 6) is 0. The molecular formula is C17H26N2O3. The van der Waals surface area contributed by atoms with Gasteiger partial charge in [-0.3, -0.25) is 14.7 Å². The lowest BCUT2D eigenvalue weighted by atomic mass is 9.76. The van der Waals surface area contributed by atoms with Gasteiger partial charge in [-0.2, -0.15) is 0 Å². The van der Waals surface area contributed by atoms with Gasteiger partial charge in [-0.25, -0.2) is 0 Å². The number of hydrogen-bond acceptors (Lipinski definition) is 4. The largest absolute Gasteiger partial charge is 0.483 e. The number of aromatic nitrogens is 1. The third-order valence-corrected chi connectivity index (χ3v) is 4.92. The van der Waals surface area contributed by atoms with Crippen LogP contribution in [0.15, 0.2) is 24.5 Å². The van der Waals surface area contributed by atoms with E-state index in [0.717, 1.165) is 6.54 Å². The molecule has 2 aliphatic rings. The third kappa shape index (κ3) is 4.05. The highest BCUT2D eigenvalue weighted by atomic mass is 16.5. The maximum Gasteiger partial charge on any atom is 0.290 e. The van der Waals surface area contributed by atoms with Crippen molar-refractivity contribution in [1.29, 1.82) is 0 Å². The van der Waals surface area contributed by atoms with Crippen LogP contribution in [0.25, 0.3) is 0 Å². The topological polar surface area (TPSA) is 62.7 Å². The number of pyridine rings is 1. The molecule has 1 aromatic heterocycles. The van der Waals surface area contributed by atoms with Crippen molar-refractivity contribution in [2.24, 2.45) is 5.41 Å². The zero-order valence-electron chi connectivity index (χ0n) is 13.3. The summed E-state index contributed by atoms with van der Waals surface area (Å²) in [6.07, 6.45) is 10.9. The number of hydrogen-bond donors (Lipinski definition) is 1. The van der Waals surface area contributed by atoms with Crippen molar-refractivity contribution in [2.45, 2.75) is 44.8 Å². The Morgan fingerprint density at radius 1 is 1.50 bits per heavy atom. The van der Waals surface area contributed by atoms with Gasteiger partial charge in [0.25, 0.3) is 6.47 Å². The van der Waals surface area contributed by atoms with Crippen LogP contribution in [-0.4, -0.2) is 47.8 Å². The summed E-state index contributed by atoms with van der Waals surface area (Å²) >= 11 is 0. The van der Waals surface area contributed by atoms with Gasteiger partial charge in [0, 0.05) is 38.0 Å². The molecule has 2 atom stereocenters. The Hall–Kier alpha value is -1.46. The molecule has 1 saturated heterocycles. The molecule has 5 nitrogen and oxygen atoms in total. The van der Waals surface area contributed by atoms with Crippen LogP contribution in [0.5, 0.6) is 0 Å². The summed E-state index contributed by atoms with van der Waals surface area (Å²) in [5.41, 5.74) is 1.75. The number of likely N-dealkylation sites (tertiary alicyclic amines) is 1. The lowest BCUT2D eigenvalue weighted by molar-refractivity contribution is -0.122. The molecule has 0 unspecified atom stereocenters. The number of methoxy groups -OCH3 is 1. The van der Waals surface area contributed by atoms with Gasteiger partial charge in [0.2, 0.25) is 0 Å². The van der Waals surface area contributed by atoms with Crippen LogP contribution in [0, 0.1) is 5.41 Å². The molecule has 22 heavy (non-hydrogen) atoms. The quantitative estimate of drug-likeness (QED) is 0.870. The van der Waals surface area contributed by atoms with Crippen molar-refractivity contribution < 1.29 is 14.6 Å². The first-order valence-electron chi connectivity index (χ1n) is 7.96. The van der Waals surface area contributed by atoms with E-state index in [1.807, 2.05) is 25.6 Å². The van der Waals surface area contributed by atoms with E-state index in [1.54, 1.807) is 0 Å². The molecular weight excluding hydrogens is 280 g/mol. The maximum absolute atomic E-state index is 8.36. The second-order valence-electron chi connectivity index (χ2n) is 6.26. The maximum atomic E-state index is 8.36. The summed E-state index contributed by atoms with van der Waals surface area (Å²) in [7, 11) is 1.89. The second-order valence-corrected chi connectivity index (χ2v) is 6.26. The van der Waals surface area contributed by atoms with Crippen molar-refractivity contribution >= 4 is 6.47 Å². The van der Waals surface area contributed by atoms with Gasteiger partial charge < -0.3 is 9.84 Å². The zero-order valence-corrected chi connectivity index (χ0v) is 13.3. The lowest BCUT2D eigenvalue weighted by Gasteiger charge is -2.43. The van der Waals surface area contributed by atoms with Gasteiger partial charge in [-0.1, -0.05) is 12.5 Å². The molecule has 1 aliphatic heterocycles. The van der Waals surface area contributed by atoms with Crippen LogP contribution in [0.4, 0.5) is 0 Å². The molecule has 5 heteroatoms. The summed E-state index contributed by atoms with van der Waals surface area (Å²) in [4.78, 5) is 15.2. The third-order valence-electron chi connectivity index (χ3n) is 4.92. The molecule has 0 aromatic carbocycles. The fourth-order valence-corrected chi connectivity index (χ4v) is 4.08. The molecule has 0 radical (unpaired) electrons. The van der Waals surface area contributed by atoms with Crippen LogP contribution >= 0.6 is 0 Å². The van der Waals surface area contributed by atoms with E-state index < -0.39 is 0 Å². The molecule has 3 rings (SSSR count). The van der Waals surface area contributed by atoms with Crippen LogP contribution in [0.2, 0.25) is 0 Å². The minimum absolute atomic E-state index is 0.250. The van der Waals surface area contributed by atoms with Gasteiger partial charge in [0.1, 0.15) is 0 Å². The first-order valence-corrected chi connectivity index (χ1v) is 7.96. The van der Waals surface area contributed by atoms with E-state index in [0.29, 0.717) is 11.5 Å². The Morgan fingerprint density at radius 3 is 2.95 bits per heavy atom. The van der Waals surface area contributed by atoms with E-state index in [2.05, 4.69) is 16.0 Å². The molecule has 0 amide bonds. The van der Waals surface area contributed by atoms with Crippen molar-refractivity contribution in [3.05, 3.63) is 30.1 Å². The van der Waals surface area contributed by atoms with Crippen molar-refractivity contribution in [3.63, 3.8) is 0 Å². The highest BCUT2D eigenvalue weighted by Crippen LogP contribution is 2.46. The van der Waals surface area contributed by atoms with E-state index in [4.69, 9.17) is 14.6 Å². The Bertz CT molecular complexity index is 454. The Labute approximate surface area is 132 Å². The fourth-order valence-electron chi connectivity index (χ4n) is 4.08. The standard InChI is InChI=1S/C16H24N2O.CH2O2/c1-19-15-6-2-7-16(15)8-4-10-18(13-16)12-14-5-3-9-17-11-14;2-1-3/h3,5,9,11,15H,2,4,6-8,10,12-13H2,1H3;1H,(H,2,3)/t15-,16-;/m1./s1. The van der Waals surface area contributed by atoms with Crippen molar-refractivity contribution in [3.8, 4) is 0 Å². The first-order chi connectivity index (χ1) is 10.7. The van der Waals surface area contributed by atoms with Crippen molar-refractivity contribution in [1.82, 2.24) is 9.88 Å². The predicted molar refractivity (Wildman–Crippen MR) is 84.5 cm³/mol. The number of ether oxygens (including phenoxy) is 1. The van der Waals surface area contributed by atoms with E-state index >= 15 is 0 Å². The minimum Gasteiger partial charge on any atom is -0.483 e. The molecule has 1 N–H and O–H groups in total. The Balaban J connectivity index is 0.000000545.